The van der Waals surface area contributed by atoms with E-state index in [1.165, 1.54) is 6.07 Å². The molecule has 0 radical (unpaired) electrons. The van der Waals surface area contributed by atoms with E-state index >= 15 is 0 Å². The van der Waals surface area contributed by atoms with Crippen molar-refractivity contribution in [2.24, 2.45) is 0 Å². The molecule has 1 N–H and O–H groups in total. The maximum Gasteiger partial charge on any atom is 0.194 e. The third-order valence-corrected chi connectivity index (χ3v) is 4.29. The van der Waals surface area contributed by atoms with Crippen molar-refractivity contribution in [1.82, 2.24) is 5.32 Å². The van der Waals surface area contributed by atoms with Gasteiger partial charge >= 0.3 is 0 Å². The molecule has 112 valence electrons. The normalized spacial score (nSPS) is 12.5. The smallest absolute Gasteiger partial charge is 0.194 e. The minimum absolute atomic E-state index is 0.0362. The van der Waals surface area contributed by atoms with Crippen LogP contribution >= 0.6 is 27.5 Å². The van der Waals surface area contributed by atoms with Crippen LogP contribution in [0.5, 0.6) is 0 Å². The summed E-state index contributed by atoms with van der Waals surface area (Å²) in [5, 5.41) is 3.50. The zero-order valence-corrected chi connectivity index (χ0v) is 13.4. The summed E-state index contributed by atoms with van der Waals surface area (Å²) in [6.45, 7) is 2.36. The number of hydrogen-bond donors (Lipinski definition) is 1. The van der Waals surface area contributed by atoms with Crippen LogP contribution in [0.1, 0.15) is 24.1 Å². The number of benzene rings is 2. The largest absolute Gasteiger partial charge is 0.306 e. The Labute approximate surface area is 134 Å². The second-order valence-corrected chi connectivity index (χ2v) is 5.69. The van der Waals surface area contributed by atoms with E-state index in [1.54, 1.807) is 18.2 Å². The molecule has 0 saturated heterocycles. The highest BCUT2D eigenvalue weighted by Gasteiger charge is 2.22. The van der Waals surface area contributed by atoms with E-state index in [0.717, 1.165) is 6.07 Å². The summed E-state index contributed by atoms with van der Waals surface area (Å²) < 4.78 is 41.2. The molecule has 0 amide bonds. The number of hydrogen-bond acceptors (Lipinski definition) is 1. The van der Waals surface area contributed by atoms with Gasteiger partial charge in [-0.2, -0.15) is 0 Å². The van der Waals surface area contributed by atoms with Crippen LogP contribution in [0.25, 0.3) is 0 Å². The molecule has 0 heterocycles. The van der Waals surface area contributed by atoms with Crippen molar-refractivity contribution in [3.63, 3.8) is 0 Å². The first-order valence-electron chi connectivity index (χ1n) is 6.27. The van der Waals surface area contributed by atoms with Crippen LogP contribution in [-0.2, 0) is 0 Å². The SMILES string of the molecule is CCNC(c1ccc(Br)c(Cl)c1)c1ccc(F)c(F)c1F. The zero-order chi connectivity index (χ0) is 15.6. The summed E-state index contributed by atoms with van der Waals surface area (Å²) in [6.07, 6.45) is 0. The van der Waals surface area contributed by atoms with Crippen LogP contribution in [0, 0.1) is 17.5 Å². The summed E-state index contributed by atoms with van der Waals surface area (Å²) in [6, 6.07) is 6.65. The first-order valence-corrected chi connectivity index (χ1v) is 7.44. The minimum Gasteiger partial charge on any atom is -0.306 e. The summed E-state index contributed by atoms with van der Waals surface area (Å²) in [5.41, 5.74) is 0.698. The van der Waals surface area contributed by atoms with Gasteiger partial charge in [0.1, 0.15) is 0 Å². The Hall–Kier alpha value is -1.04. The lowest BCUT2D eigenvalue weighted by Gasteiger charge is -2.20. The number of rotatable bonds is 4. The second-order valence-electron chi connectivity index (χ2n) is 4.43. The van der Waals surface area contributed by atoms with E-state index in [2.05, 4.69) is 21.2 Å². The molecule has 1 nitrogen and oxygen atoms in total. The van der Waals surface area contributed by atoms with E-state index in [1.807, 2.05) is 6.92 Å². The van der Waals surface area contributed by atoms with Gasteiger partial charge in [0, 0.05) is 10.0 Å². The monoisotopic (exact) mass is 377 g/mol. The second kappa shape index (κ2) is 6.81. The van der Waals surface area contributed by atoms with E-state index in [4.69, 9.17) is 11.6 Å². The van der Waals surface area contributed by atoms with E-state index in [0.29, 0.717) is 21.6 Å². The molecular weight excluding hydrogens is 367 g/mol. The predicted molar refractivity (Wildman–Crippen MR) is 81.0 cm³/mol. The van der Waals surface area contributed by atoms with Gasteiger partial charge in [-0.1, -0.05) is 30.7 Å². The van der Waals surface area contributed by atoms with Crippen molar-refractivity contribution in [3.05, 3.63) is 68.4 Å². The van der Waals surface area contributed by atoms with E-state index in [-0.39, 0.29) is 5.56 Å². The van der Waals surface area contributed by atoms with Gasteiger partial charge in [0.15, 0.2) is 17.5 Å². The summed E-state index contributed by atoms with van der Waals surface area (Å²) in [4.78, 5) is 0. The fraction of sp³-hybridized carbons (Fsp3) is 0.200. The first kappa shape index (κ1) is 16.3. The lowest BCUT2D eigenvalue weighted by atomic mass is 9.98. The highest BCUT2D eigenvalue weighted by molar-refractivity contribution is 9.10. The Bertz CT molecular complexity index is 664. The average molecular weight is 379 g/mol. The molecule has 0 aliphatic carbocycles. The van der Waals surface area contributed by atoms with Crippen LogP contribution in [0.2, 0.25) is 5.02 Å². The molecule has 1 atom stereocenters. The van der Waals surface area contributed by atoms with E-state index < -0.39 is 23.5 Å². The first-order chi connectivity index (χ1) is 9.95. The van der Waals surface area contributed by atoms with Crippen molar-refractivity contribution >= 4 is 27.5 Å². The van der Waals surface area contributed by atoms with Gasteiger partial charge in [-0.05, 0) is 46.2 Å². The Morgan fingerprint density at radius 2 is 1.86 bits per heavy atom. The van der Waals surface area contributed by atoms with Gasteiger partial charge in [-0.15, -0.1) is 0 Å². The Balaban J connectivity index is 2.53. The fourth-order valence-electron chi connectivity index (χ4n) is 2.07. The highest BCUT2D eigenvalue weighted by Crippen LogP contribution is 2.31. The van der Waals surface area contributed by atoms with Crippen LogP contribution in [-0.4, -0.2) is 6.54 Å². The lowest BCUT2D eigenvalue weighted by molar-refractivity contribution is 0.433. The number of halogens is 5. The van der Waals surface area contributed by atoms with Gasteiger partial charge in [0.05, 0.1) is 11.1 Å². The van der Waals surface area contributed by atoms with Crippen molar-refractivity contribution < 1.29 is 13.2 Å². The summed E-state index contributed by atoms with van der Waals surface area (Å²) in [5.74, 6) is -3.88. The van der Waals surface area contributed by atoms with Crippen molar-refractivity contribution in [2.45, 2.75) is 13.0 Å². The van der Waals surface area contributed by atoms with Gasteiger partial charge in [0.2, 0.25) is 0 Å². The van der Waals surface area contributed by atoms with Crippen LogP contribution < -0.4 is 5.32 Å². The van der Waals surface area contributed by atoms with E-state index in [9.17, 15) is 13.2 Å². The van der Waals surface area contributed by atoms with Crippen LogP contribution in [0.15, 0.2) is 34.8 Å². The average Bonchev–Trinajstić information content (AvgIpc) is 2.46. The fourth-order valence-corrected chi connectivity index (χ4v) is 2.50. The molecule has 2 rings (SSSR count). The Morgan fingerprint density at radius 3 is 2.48 bits per heavy atom. The summed E-state index contributed by atoms with van der Waals surface area (Å²) in [7, 11) is 0. The molecular formula is C15H12BrClF3N. The minimum atomic E-state index is -1.47. The standard InChI is InChI=1S/C15H12BrClF3N/c1-2-21-15(8-3-5-10(16)11(17)7-8)9-4-6-12(18)14(20)13(9)19/h3-7,15,21H,2H2,1H3. The molecule has 0 aromatic heterocycles. The van der Waals surface area contributed by atoms with Gasteiger partial charge in [-0.3, -0.25) is 0 Å². The molecule has 0 saturated carbocycles. The number of nitrogens with one attached hydrogen (secondary N) is 1. The molecule has 0 aliphatic rings. The molecule has 0 spiro atoms. The van der Waals surface area contributed by atoms with Gasteiger partial charge in [-0.25, -0.2) is 13.2 Å². The molecule has 21 heavy (non-hydrogen) atoms. The Morgan fingerprint density at radius 1 is 1.14 bits per heavy atom. The van der Waals surface area contributed by atoms with Gasteiger partial charge in [0.25, 0.3) is 0 Å². The zero-order valence-electron chi connectivity index (χ0n) is 11.1. The maximum atomic E-state index is 14.0. The van der Waals surface area contributed by atoms with Gasteiger partial charge < -0.3 is 5.32 Å². The Kier molecular flexibility index (Phi) is 5.30. The summed E-state index contributed by atoms with van der Waals surface area (Å²) >= 11 is 9.31. The highest BCUT2D eigenvalue weighted by atomic mass is 79.9. The molecule has 1 unspecified atom stereocenters. The quantitative estimate of drug-likeness (QED) is 0.719. The third-order valence-electron chi connectivity index (χ3n) is 3.06. The molecule has 0 fully saturated rings. The molecule has 2 aromatic carbocycles. The van der Waals surface area contributed by atoms with Crippen molar-refractivity contribution in [3.8, 4) is 0 Å². The van der Waals surface area contributed by atoms with Crippen molar-refractivity contribution in [1.29, 1.82) is 0 Å². The predicted octanol–water partition coefficient (Wildman–Crippen LogP) is 5.22. The molecule has 6 heteroatoms. The molecule has 2 aromatic rings. The molecule has 0 aliphatic heterocycles. The topological polar surface area (TPSA) is 12.0 Å². The lowest BCUT2D eigenvalue weighted by Crippen LogP contribution is -2.23. The molecule has 0 bridgehead atoms. The van der Waals surface area contributed by atoms with Crippen molar-refractivity contribution in [2.75, 3.05) is 6.54 Å². The maximum absolute atomic E-state index is 14.0. The van der Waals surface area contributed by atoms with Crippen LogP contribution in [0.4, 0.5) is 13.2 Å². The van der Waals surface area contributed by atoms with Crippen LogP contribution in [0.3, 0.4) is 0 Å². The third kappa shape index (κ3) is 3.42.